The summed E-state index contributed by atoms with van der Waals surface area (Å²) < 4.78 is 0. The molecule has 0 aromatic carbocycles. The molecule has 2 rings (SSSR count). The van der Waals surface area contributed by atoms with E-state index in [1.807, 2.05) is 18.5 Å². The number of carboxylic acids is 1. The maximum atomic E-state index is 11.8. The fourth-order valence-corrected chi connectivity index (χ4v) is 2.60. The van der Waals surface area contributed by atoms with Crippen molar-refractivity contribution in [1.29, 1.82) is 0 Å². The van der Waals surface area contributed by atoms with Crippen molar-refractivity contribution in [3.8, 4) is 0 Å². The van der Waals surface area contributed by atoms with Gasteiger partial charge in [-0.2, -0.15) is 0 Å². The standard InChI is InChI=1S/C13H15NO3S/c1-14(13(17)10-3-4-10)7-11-6-9(8-18-11)2-5-12(15)16/h2,5-6,8,10H,3-4,7H2,1H3,(H,15,16). The Balaban J connectivity index is 1.93. The Hall–Kier alpha value is -1.62. The summed E-state index contributed by atoms with van der Waals surface area (Å²) in [5.74, 6) is -0.504. The van der Waals surface area contributed by atoms with E-state index in [1.54, 1.807) is 22.3 Å². The van der Waals surface area contributed by atoms with E-state index in [0.717, 1.165) is 29.4 Å². The van der Waals surface area contributed by atoms with Crippen molar-refractivity contribution in [3.63, 3.8) is 0 Å². The molecular weight excluding hydrogens is 250 g/mol. The highest BCUT2D eigenvalue weighted by Gasteiger charge is 2.31. The average Bonchev–Trinajstić information content (AvgIpc) is 3.07. The third kappa shape index (κ3) is 3.43. The number of carboxylic acid groups (broad SMARTS) is 1. The van der Waals surface area contributed by atoms with Crippen molar-refractivity contribution in [3.05, 3.63) is 28.0 Å². The first kappa shape index (κ1) is 12.8. The number of hydrogen-bond donors (Lipinski definition) is 1. The fraction of sp³-hybridized carbons (Fsp3) is 0.385. The Labute approximate surface area is 110 Å². The minimum absolute atomic E-state index is 0.214. The van der Waals surface area contributed by atoms with Crippen LogP contribution in [0.25, 0.3) is 6.08 Å². The Kier molecular flexibility index (Phi) is 3.81. The van der Waals surface area contributed by atoms with Crippen LogP contribution in [0.5, 0.6) is 0 Å². The highest BCUT2D eigenvalue weighted by atomic mass is 32.1. The van der Waals surface area contributed by atoms with Crippen LogP contribution in [-0.2, 0) is 16.1 Å². The monoisotopic (exact) mass is 265 g/mol. The van der Waals surface area contributed by atoms with Gasteiger partial charge in [-0.3, -0.25) is 4.79 Å². The van der Waals surface area contributed by atoms with E-state index in [0.29, 0.717) is 6.54 Å². The summed E-state index contributed by atoms with van der Waals surface area (Å²) in [6, 6.07) is 1.92. The third-order valence-electron chi connectivity index (χ3n) is 2.79. The smallest absolute Gasteiger partial charge is 0.328 e. The van der Waals surface area contributed by atoms with Gasteiger partial charge in [-0.05, 0) is 35.9 Å². The van der Waals surface area contributed by atoms with Gasteiger partial charge in [-0.25, -0.2) is 4.79 Å². The summed E-state index contributed by atoms with van der Waals surface area (Å²) in [7, 11) is 1.81. The van der Waals surface area contributed by atoms with E-state index in [1.165, 1.54) is 0 Å². The molecule has 0 radical (unpaired) electrons. The van der Waals surface area contributed by atoms with Crippen molar-refractivity contribution in [2.75, 3.05) is 7.05 Å². The van der Waals surface area contributed by atoms with Crippen LogP contribution < -0.4 is 0 Å². The van der Waals surface area contributed by atoms with E-state index in [9.17, 15) is 9.59 Å². The molecule has 1 aromatic heterocycles. The van der Waals surface area contributed by atoms with Crippen LogP contribution in [0.4, 0.5) is 0 Å². The Bertz CT molecular complexity index is 488. The molecule has 18 heavy (non-hydrogen) atoms. The second kappa shape index (κ2) is 5.35. The number of carbonyl (C=O) groups excluding carboxylic acids is 1. The molecule has 0 unspecified atom stereocenters. The molecule has 1 aliphatic rings. The minimum atomic E-state index is -0.955. The molecule has 0 atom stereocenters. The predicted octanol–water partition coefficient (Wildman–Crippen LogP) is 2.21. The van der Waals surface area contributed by atoms with E-state index in [4.69, 9.17) is 5.11 Å². The van der Waals surface area contributed by atoms with Gasteiger partial charge in [0.15, 0.2) is 0 Å². The first-order valence-electron chi connectivity index (χ1n) is 5.79. The Morgan fingerprint density at radius 1 is 1.56 bits per heavy atom. The van der Waals surface area contributed by atoms with E-state index in [-0.39, 0.29) is 11.8 Å². The molecule has 1 heterocycles. The van der Waals surface area contributed by atoms with E-state index >= 15 is 0 Å². The normalized spacial score (nSPS) is 14.9. The summed E-state index contributed by atoms with van der Waals surface area (Å²) in [6.07, 6.45) is 4.70. The largest absolute Gasteiger partial charge is 0.478 e. The summed E-state index contributed by atoms with van der Waals surface area (Å²) in [6.45, 7) is 0.598. The Morgan fingerprint density at radius 2 is 2.28 bits per heavy atom. The molecule has 5 heteroatoms. The topological polar surface area (TPSA) is 57.6 Å². The summed E-state index contributed by atoms with van der Waals surface area (Å²) in [5.41, 5.74) is 0.865. The van der Waals surface area contributed by atoms with Crippen LogP contribution in [0, 0.1) is 5.92 Å². The van der Waals surface area contributed by atoms with Crippen LogP contribution in [-0.4, -0.2) is 28.9 Å². The second-order valence-corrected chi connectivity index (χ2v) is 5.48. The molecule has 1 aliphatic carbocycles. The van der Waals surface area contributed by atoms with Gasteiger partial charge >= 0.3 is 5.97 Å². The lowest BCUT2D eigenvalue weighted by atomic mass is 10.2. The van der Waals surface area contributed by atoms with Crippen molar-refractivity contribution in [2.24, 2.45) is 5.92 Å². The lowest BCUT2D eigenvalue weighted by molar-refractivity contribution is -0.132. The number of hydrogen-bond acceptors (Lipinski definition) is 3. The van der Waals surface area contributed by atoms with Gasteiger partial charge in [0.25, 0.3) is 0 Å². The second-order valence-electron chi connectivity index (χ2n) is 4.49. The molecule has 0 saturated heterocycles. The van der Waals surface area contributed by atoms with Crippen LogP contribution in [0.2, 0.25) is 0 Å². The predicted molar refractivity (Wildman–Crippen MR) is 70.2 cm³/mol. The van der Waals surface area contributed by atoms with Crippen LogP contribution in [0.1, 0.15) is 23.3 Å². The number of aliphatic carboxylic acids is 1. The van der Waals surface area contributed by atoms with Gasteiger partial charge in [0.1, 0.15) is 0 Å². The average molecular weight is 265 g/mol. The van der Waals surface area contributed by atoms with Gasteiger partial charge in [-0.1, -0.05) is 0 Å². The summed E-state index contributed by atoms with van der Waals surface area (Å²) in [5, 5.41) is 10.4. The molecular formula is C13H15NO3S. The van der Waals surface area contributed by atoms with Crippen molar-refractivity contribution >= 4 is 29.3 Å². The molecule has 1 N–H and O–H groups in total. The number of carbonyl (C=O) groups is 2. The van der Waals surface area contributed by atoms with Crippen LogP contribution >= 0.6 is 11.3 Å². The summed E-state index contributed by atoms with van der Waals surface area (Å²) in [4.78, 5) is 25.0. The van der Waals surface area contributed by atoms with Crippen molar-refractivity contribution < 1.29 is 14.7 Å². The number of nitrogens with zero attached hydrogens (tertiary/aromatic N) is 1. The number of rotatable bonds is 5. The van der Waals surface area contributed by atoms with E-state index < -0.39 is 5.97 Å². The highest BCUT2D eigenvalue weighted by molar-refractivity contribution is 7.10. The van der Waals surface area contributed by atoms with Gasteiger partial charge in [-0.15, -0.1) is 11.3 Å². The Morgan fingerprint density at radius 3 is 2.89 bits per heavy atom. The molecule has 0 spiro atoms. The molecule has 0 bridgehead atoms. The number of amides is 1. The van der Waals surface area contributed by atoms with E-state index in [2.05, 4.69) is 0 Å². The van der Waals surface area contributed by atoms with Gasteiger partial charge in [0, 0.05) is 23.9 Å². The SMILES string of the molecule is CN(Cc1cc(C=CC(=O)O)cs1)C(=O)C1CC1. The highest BCUT2D eigenvalue weighted by Crippen LogP contribution is 2.31. The quantitative estimate of drug-likeness (QED) is 0.830. The zero-order chi connectivity index (χ0) is 13.1. The van der Waals surface area contributed by atoms with Gasteiger partial charge in [0.2, 0.25) is 5.91 Å². The van der Waals surface area contributed by atoms with Crippen molar-refractivity contribution in [2.45, 2.75) is 19.4 Å². The zero-order valence-corrected chi connectivity index (χ0v) is 10.9. The fourth-order valence-electron chi connectivity index (χ4n) is 1.69. The van der Waals surface area contributed by atoms with Gasteiger partial charge in [0.05, 0.1) is 6.54 Å². The maximum Gasteiger partial charge on any atom is 0.328 e. The minimum Gasteiger partial charge on any atom is -0.478 e. The van der Waals surface area contributed by atoms with Gasteiger partial charge < -0.3 is 10.0 Å². The van der Waals surface area contributed by atoms with Crippen LogP contribution in [0.3, 0.4) is 0 Å². The molecule has 1 saturated carbocycles. The summed E-state index contributed by atoms with van der Waals surface area (Å²) >= 11 is 1.54. The number of thiophene rings is 1. The molecule has 1 fully saturated rings. The molecule has 4 nitrogen and oxygen atoms in total. The molecule has 96 valence electrons. The lowest BCUT2D eigenvalue weighted by Gasteiger charge is -2.15. The molecule has 1 amide bonds. The first-order chi connectivity index (χ1) is 8.56. The van der Waals surface area contributed by atoms with Crippen molar-refractivity contribution in [1.82, 2.24) is 4.90 Å². The zero-order valence-electron chi connectivity index (χ0n) is 10.1. The first-order valence-corrected chi connectivity index (χ1v) is 6.67. The lowest BCUT2D eigenvalue weighted by Crippen LogP contribution is -2.27. The van der Waals surface area contributed by atoms with Crippen LogP contribution in [0.15, 0.2) is 17.5 Å². The third-order valence-corrected chi connectivity index (χ3v) is 3.73. The molecule has 0 aliphatic heterocycles. The maximum absolute atomic E-state index is 11.8. The molecule has 1 aromatic rings.